The topological polar surface area (TPSA) is 112 Å². The summed E-state index contributed by atoms with van der Waals surface area (Å²) in [4.78, 5) is 29.6. The van der Waals surface area contributed by atoms with Crippen LogP contribution in [-0.4, -0.2) is 33.6 Å². The first-order valence-electron chi connectivity index (χ1n) is 9.74. The molecule has 11 heteroatoms. The fourth-order valence-electron chi connectivity index (χ4n) is 2.75. The van der Waals surface area contributed by atoms with Gasteiger partial charge in [0, 0.05) is 29.6 Å². The Kier molecular flexibility index (Phi) is 8.10. The third-order valence-corrected chi connectivity index (χ3v) is 5.78. The van der Waals surface area contributed by atoms with Crippen molar-refractivity contribution in [2.24, 2.45) is 5.73 Å². The van der Waals surface area contributed by atoms with E-state index in [0.717, 1.165) is 0 Å². The minimum absolute atomic E-state index is 0.0291. The molecule has 1 unspecified atom stereocenters. The number of hydrogen-bond acceptors (Lipinski definition) is 7. The minimum atomic E-state index is -0.643. The van der Waals surface area contributed by atoms with Crippen LogP contribution in [-0.2, 0) is 11.3 Å². The molecule has 0 spiro atoms. The number of benzene rings is 1. The fourth-order valence-corrected chi connectivity index (χ4v) is 3.64. The molecule has 4 aromatic rings. The summed E-state index contributed by atoms with van der Waals surface area (Å²) in [5.41, 5.74) is 6.63. The van der Waals surface area contributed by atoms with E-state index in [1.54, 1.807) is 17.4 Å². The number of esters is 1. The Morgan fingerprint density at radius 2 is 2.09 bits per heavy atom. The SMILES string of the molecule is CC(N)c1cccs1.COC(=O)c1cc(C(=O)NCc2ccc(F)c(Cl)c2)nc2ccnn12. The number of fused-ring (bicyclic) bond motifs is 1. The smallest absolute Gasteiger partial charge is 0.356 e. The summed E-state index contributed by atoms with van der Waals surface area (Å²) in [6.07, 6.45) is 1.46. The average molecular weight is 490 g/mol. The Bertz CT molecular complexity index is 1260. The van der Waals surface area contributed by atoms with Crippen molar-refractivity contribution < 1.29 is 18.7 Å². The molecule has 4 rings (SSSR count). The molecule has 1 amide bonds. The number of thiophene rings is 1. The number of amides is 1. The Balaban J connectivity index is 0.000000323. The standard InChI is InChI=1S/C16H12ClFN4O3.C6H9NS/c1-25-16(24)13-7-12(21-14-4-5-20-22(13)14)15(23)19-8-9-2-3-11(18)10(17)6-9;1-5(7)6-3-2-4-8-6/h2-7H,8H2,1H3,(H,19,23);2-5H,7H2,1H3. The molecule has 33 heavy (non-hydrogen) atoms. The van der Waals surface area contributed by atoms with Crippen molar-refractivity contribution in [3.63, 3.8) is 0 Å². The molecule has 0 saturated heterocycles. The summed E-state index contributed by atoms with van der Waals surface area (Å²) in [6, 6.07) is 11.3. The normalized spacial score (nSPS) is 11.4. The van der Waals surface area contributed by atoms with Crippen molar-refractivity contribution in [3.05, 3.63) is 86.7 Å². The molecule has 3 N–H and O–H groups in total. The first-order valence-corrected chi connectivity index (χ1v) is 11.0. The number of aromatic nitrogens is 3. The van der Waals surface area contributed by atoms with Gasteiger partial charge in [0.2, 0.25) is 0 Å². The van der Waals surface area contributed by atoms with E-state index in [1.165, 1.54) is 47.0 Å². The summed E-state index contributed by atoms with van der Waals surface area (Å²) in [5.74, 6) is -1.68. The van der Waals surface area contributed by atoms with Gasteiger partial charge < -0.3 is 15.8 Å². The molecule has 0 fully saturated rings. The Morgan fingerprint density at radius 3 is 2.70 bits per heavy atom. The van der Waals surface area contributed by atoms with Gasteiger partial charge in [-0.3, -0.25) is 4.79 Å². The van der Waals surface area contributed by atoms with Gasteiger partial charge in [-0.25, -0.2) is 18.7 Å². The van der Waals surface area contributed by atoms with Gasteiger partial charge >= 0.3 is 5.97 Å². The Labute approximate surface area is 198 Å². The van der Waals surface area contributed by atoms with Gasteiger partial charge in [0.1, 0.15) is 11.5 Å². The van der Waals surface area contributed by atoms with Crippen molar-refractivity contribution in [1.82, 2.24) is 19.9 Å². The zero-order valence-corrected chi connectivity index (χ0v) is 19.4. The molecule has 0 radical (unpaired) electrons. The lowest BCUT2D eigenvalue weighted by Crippen LogP contribution is -2.25. The van der Waals surface area contributed by atoms with Crippen molar-refractivity contribution >= 4 is 40.5 Å². The predicted molar refractivity (Wildman–Crippen MR) is 124 cm³/mol. The zero-order valence-electron chi connectivity index (χ0n) is 17.8. The first-order chi connectivity index (χ1) is 15.8. The summed E-state index contributed by atoms with van der Waals surface area (Å²) < 4.78 is 19.1. The van der Waals surface area contributed by atoms with Crippen LogP contribution in [0.2, 0.25) is 5.02 Å². The van der Waals surface area contributed by atoms with Gasteiger partial charge in [-0.1, -0.05) is 23.7 Å². The maximum atomic E-state index is 13.2. The molecule has 1 atom stereocenters. The van der Waals surface area contributed by atoms with Gasteiger partial charge in [0.15, 0.2) is 11.3 Å². The van der Waals surface area contributed by atoms with Crippen LogP contribution in [0.4, 0.5) is 4.39 Å². The second-order valence-electron chi connectivity index (χ2n) is 6.85. The molecule has 3 aromatic heterocycles. The van der Waals surface area contributed by atoms with E-state index >= 15 is 0 Å². The van der Waals surface area contributed by atoms with Gasteiger partial charge in [-0.15, -0.1) is 11.3 Å². The monoisotopic (exact) mass is 489 g/mol. The van der Waals surface area contributed by atoms with Gasteiger partial charge in [-0.05, 0) is 36.1 Å². The van der Waals surface area contributed by atoms with E-state index in [1.807, 2.05) is 18.4 Å². The second-order valence-corrected chi connectivity index (χ2v) is 8.24. The number of hydrogen-bond donors (Lipinski definition) is 2. The maximum Gasteiger partial charge on any atom is 0.356 e. The van der Waals surface area contributed by atoms with Gasteiger partial charge in [-0.2, -0.15) is 5.10 Å². The van der Waals surface area contributed by atoms with Crippen molar-refractivity contribution in [1.29, 1.82) is 0 Å². The van der Waals surface area contributed by atoms with Crippen LogP contribution in [0.15, 0.2) is 54.0 Å². The molecule has 3 heterocycles. The molecular weight excluding hydrogens is 469 g/mol. The number of methoxy groups -OCH3 is 1. The molecular formula is C22H21ClFN5O3S. The number of nitrogens with zero attached hydrogens (tertiary/aromatic N) is 3. The van der Waals surface area contributed by atoms with Crippen LogP contribution in [0.3, 0.4) is 0 Å². The maximum absolute atomic E-state index is 13.2. The van der Waals surface area contributed by atoms with E-state index in [-0.39, 0.29) is 29.0 Å². The van der Waals surface area contributed by atoms with E-state index in [2.05, 4.69) is 21.5 Å². The van der Waals surface area contributed by atoms with E-state index < -0.39 is 17.7 Å². The van der Waals surface area contributed by atoms with Crippen LogP contribution in [0, 0.1) is 5.82 Å². The lowest BCUT2D eigenvalue weighted by atomic mass is 10.2. The first kappa shape index (κ1) is 24.3. The molecule has 0 aliphatic heterocycles. The number of nitrogens with one attached hydrogen (secondary N) is 1. The van der Waals surface area contributed by atoms with Crippen molar-refractivity contribution in [2.75, 3.05) is 7.11 Å². The third kappa shape index (κ3) is 6.13. The molecule has 0 aliphatic rings. The molecule has 1 aromatic carbocycles. The van der Waals surface area contributed by atoms with E-state index in [9.17, 15) is 14.0 Å². The Morgan fingerprint density at radius 1 is 1.30 bits per heavy atom. The quantitative estimate of drug-likeness (QED) is 0.410. The van der Waals surface area contributed by atoms with Crippen LogP contribution in [0.1, 0.15) is 44.4 Å². The number of carbonyl (C=O) groups is 2. The van der Waals surface area contributed by atoms with Crippen molar-refractivity contribution in [3.8, 4) is 0 Å². The molecule has 0 saturated carbocycles. The number of ether oxygens (including phenoxy) is 1. The van der Waals surface area contributed by atoms with Gasteiger partial charge in [0.25, 0.3) is 5.91 Å². The zero-order chi connectivity index (χ0) is 24.0. The Hall–Kier alpha value is -3.34. The summed E-state index contributed by atoms with van der Waals surface area (Å²) in [6.45, 7) is 2.12. The highest BCUT2D eigenvalue weighted by Gasteiger charge is 2.17. The minimum Gasteiger partial charge on any atom is -0.464 e. The predicted octanol–water partition coefficient (Wildman–Crippen LogP) is 4.01. The number of nitrogens with two attached hydrogens (primary N) is 1. The second kappa shape index (κ2) is 11.0. The molecule has 172 valence electrons. The number of rotatable bonds is 5. The lowest BCUT2D eigenvalue weighted by Gasteiger charge is -2.08. The fraction of sp³-hybridized carbons (Fsp3) is 0.182. The summed E-state index contributed by atoms with van der Waals surface area (Å²) >= 11 is 7.42. The average Bonchev–Trinajstić information content (AvgIpc) is 3.51. The highest BCUT2D eigenvalue weighted by atomic mass is 35.5. The number of halogens is 2. The third-order valence-electron chi connectivity index (χ3n) is 4.42. The molecule has 0 aliphatic carbocycles. The summed E-state index contributed by atoms with van der Waals surface area (Å²) in [5, 5.41) is 8.62. The van der Waals surface area contributed by atoms with Crippen molar-refractivity contribution in [2.45, 2.75) is 19.5 Å². The van der Waals surface area contributed by atoms with Crippen LogP contribution in [0.25, 0.3) is 5.65 Å². The molecule has 8 nitrogen and oxygen atoms in total. The highest BCUT2D eigenvalue weighted by Crippen LogP contribution is 2.16. The largest absolute Gasteiger partial charge is 0.464 e. The van der Waals surface area contributed by atoms with Crippen LogP contribution < -0.4 is 11.1 Å². The van der Waals surface area contributed by atoms with Crippen LogP contribution in [0.5, 0.6) is 0 Å². The van der Waals surface area contributed by atoms with E-state index in [0.29, 0.717) is 11.2 Å². The van der Waals surface area contributed by atoms with E-state index in [4.69, 9.17) is 22.1 Å². The van der Waals surface area contributed by atoms with Gasteiger partial charge in [0.05, 0.1) is 18.3 Å². The highest BCUT2D eigenvalue weighted by molar-refractivity contribution is 7.10. The lowest BCUT2D eigenvalue weighted by molar-refractivity contribution is 0.0590. The molecule has 0 bridgehead atoms. The summed E-state index contributed by atoms with van der Waals surface area (Å²) in [7, 11) is 1.23. The van der Waals surface area contributed by atoms with Crippen LogP contribution >= 0.6 is 22.9 Å². The number of carbonyl (C=O) groups excluding carboxylic acids is 2.